The Bertz CT molecular complexity index is 1230. The number of aliphatic hydroxyl groups is 1. The first-order chi connectivity index (χ1) is 17.6. The van der Waals surface area contributed by atoms with Crippen LogP contribution in [0.4, 0.5) is 14.5 Å². The Labute approximate surface area is 214 Å². The average Bonchev–Trinajstić information content (AvgIpc) is 2.84. The van der Waals surface area contributed by atoms with Gasteiger partial charge in [-0.25, -0.2) is 8.78 Å². The lowest BCUT2D eigenvalue weighted by molar-refractivity contribution is -0.114. The van der Waals surface area contributed by atoms with Crippen LogP contribution in [0.15, 0.2) is 60.7 Å². The van der Waals surface area contributed by atoms with E-state index in [-0.39, 0.29) is 35.7 Å². The van der Waals surface area contributed by atoms with Crippen LogP contribution in [0.25, 0.3) is 0 Å². The number of halogens is 2. The molecule has 3 aromatic carbocycles. The molecular weight excluding hydrogens is 480 g/mol. The molecular formula is C28H31F2N3O4. The molecule has 9 heteroatoms. The molecule has 0 saturated carbocycles. The maximum absolute atomic E-state index is 13.8. The summed E-state index contributed by atoms with van der Waals surface area (Å²) in [4.78, 5) is 24.4. The fourth-order valence-corrected chi connectivity index (χ4v) is 3.98. The number of carbonyl (C=O) groups excluding carboxylic acids is 2. The minimum Gasteiger partial charge on any atom is -0.507 e. The summed E-state index contributed by atoms with van der Waals surface area (Å²) in [6.45, 7) is 3.92. The van der Waals surface area contributed by atoms with E-state index in [2.05, 4.69) is 28.9 Å². The average molecular weight is 512 g/mol. The van der Waals surface area contributed by atoms with Gasteiger partial charge in [-0.15, -0.1) is 0 Å². The Morgan fingerprint density at radius 2 is 1.65 bits per heavy atom. The van der Waals surface area contributed by atoms with Crippen LogP contribution in [0.2, 0.25) is 0 Å². The molecule has 0 bridgehead atoms. The largest absolute Gasteiger partial charge is 0.507 e. The van der Waals surface area contributed by atoms with Crippen LogP contribution < -0.4 is 16.0 Å². The molecule has 37 heavy (non-hydrogen) atoms. The molecule has 0 radical (unpaired) electrons. The van der Waals surface area contributed by atoms with Crippen LogP contribution in [0.5, 0.6) is 5.75 Å². The highest BCUT2D eigenvalue weighted by Crippen LogP contribution is 2.22. The van der Waals surface area contributed by atoms with Crippen LogP contribution in [-0.2, 0) is 24.2 Å². The summed E-state index contributed by atoms with van der Waals surface area (Å²) in [6.07, 6.45) is -0.309. The van der Waals surface area contributed by atoms with Crippen LogP contribution >= 0.6 is 0 Å². The summed E-state index contributed by atoms with van der Waals surface area (Å²) in [5, 5.41) is 29.5. The van der Waals surface area contributed by atoms with Crippen molar-refractivity contribution in [3.63, 3.8) is 0 Å². The van der Waals surface area contributed by atoms with Crippen molar-refractivity contribution in [1.29, 1.82) is 0 Å². The molecule has 2 atom stereocenters. The van der Waals surface area contributed by atoms with E-state index in [4.69, 9.17) is 0 Å². The van der Waals surface area contributed by atoms with Crippen molar-refractivity contribution in [2.24, 2.45) is 0 Å². The van der Waals surface area contributed by atoms with E-state index in [1.165, 1.54) is 30.7 Å². The van der Waals surface area contributed by atoms with Crippen molar-refractivity contribution in [2.75, 3.05) is 11.9 Å². The molecule has 0 heterocycles. The first kappa shape index (κ1) is 27.8. The second kappa shape index (κ2) is 12.9. The van der Waals surface area contributed by atoms with E-state index in [1.54, 1.807) is 0 Å². The number of anilines is 1. The highest BCUT2D eigenvalue weighted by atomic mass is 19.1. The summed E-state index contributed by atoms with van der Waals surface area (Å²) in [6, 6.07) is 14.0. The monoisotopic (exact) mass is 511 g/mol. The number of aryl methyl sites for hydroxylation is 1. The van der Waals surface area contributed by atoms with Gasteiger partial charge in [0, 0.05) is 31.8 Å². The van der Waals surface area contributed by atoms with Gasteiger partial charge in [0.2, 0.25) is 5.91 Å². The zero-order chi connectivity index (χ0) is 26.9. The number of hydrogen-bond donors (Lipinski definition) is 5. The smallest absolute Gasteiger partial charge is 0.255 e. The second-order valence-corrected chi connectivity index (χ2v) is 8.85. The van der Waals surface area contributed by atoms with E-state index in [0.29, 0.717) is 12.2 Å². The molecule has 0 aromatic heterocycles. The Kier molecular flexibility index (Phi) is 9.71. The van der Waals surface area contributed by atoms with Gasteiger partial charge in [0.15, 0.2) is 0 Å². The molecule has 0 aliphatic heterocycles. The molecule has 0 aliphatic rings. The first-order valence-electron chi connectivity index (χ1n) is 12.0. The van der Waals surface area contributed by atoms with E-state index < -0.39 is 29.7 Å². The van der Waals surface area contributed by atoms with E-state index >= 15 is 0 Å². The minimum absolute atomic E-state index is 0.0687. The Balaban J connectivity index is 1.77. The molecule has 0 fully saturated rings. The maximum Gasteiger partial charge on any atom is 0.255 e. The number of aliphatic hydroxyl groups excluding tert-OH is 1. The van der Waals surface area contributed by atoms with Crippen LogP contribution in [0.1, 0.15) is 40.9 Å². The SMILES string of the molecule is CCc1cccc(CNCC(O)C(Cc2cc(F)cc(F)c2)NC(=O)c2cc(NC(C)=O)ccc2O)c1. The molecule has 2 unspecified atom stereocenters. The van der Waals surface area contributed by atoms with E-state index in [0.717, 1.165) is 30.2 Å². The van der Waals surface area contributed by atoms with Gasteiger partial charge in [0.25, 0.3) is 5.91 Å². The molecule has 0 saturated heterocycles. The minimum atomic E-state index is -1.13. The number of rotatable bonds is 11. The Morgan fingerprint density at radius 1 is 0.946 bits per heavy atom. The number of carbonyl (C=O) groups is 2. The number of amides is 2. The zero-order valence-electron chi connectivity index (χ0n) is 20.7. The Hall–Kier alpha value is -3.82. The molecule has 3 rings (SSSR count). The maximum atomic E-state index is 13.8. The van der Waals surface area contributed by atoms with Crippen molar-refractivity contribution in [1.82, 2.24) is 10.6 Å². The predicted octanol–water partition coefficient (Wildman–Crippen LogP) is 3.68. The fraction of sp³-hybridized carbons (Fsp3) is 0.286. The molecule has 5 N–H and O–H groups in total. The predicted molar refractivity (Wildman–Crippen MR) is 137 cm³/mol. The van der Waals surface area contributed by atoms with Gasteiger partial charge >= 0.3 is 0 Å². The lowest BCUT2D eigenvalue weighted by atomic mass is 9.99. The van der Waals surface area contributed by atoms with Gasteiger partial charge in [0.1, 0.15) is 17.4 Å². The summed E-state index contributed by atoms with van der Waals surface area (Å²) in [5.41, 5.74) is 2.63. The van der Waals surface area contributed by atoms with Crippen molar-refractivity contribution < 1.29 is 28.6 Å². The third-order valence-electron chi connectivity index (χ3n) is 5.80. The summed E-state index contributed by atoms with van der Waals surface area (Å²) < 4.78 is 27.6. The zero-order valence-corrected chi connectivity index (χ0v) is 20.7. The number of aromatic hydroxyl groups is 1. The number of phenolic OH excluding ortho intramolecular Hbond substituents is 1. The molecule has 196 valence electrons. The van der Waals surface area contributed by atoms with Gasteiger partial charge in [-0.05, 0) is 59.9 Å². The molecule has 0 spiro atoms. The summed E-state index contributed by atoms with van der Waals surface area (Å²) >= 11 is 0. The number of nitrogens with one attached hydrogen (secondary N) is 3. The van der Waals surface area contributed by atoms with Gasteiger partial charge in [-0.3, -0.25) is 9.59 Å². The van der Waals surface area contributed by atoms with Crippen molar-refractivity contribution in [2.45, 2.75) is 45.4 Å². The van der Waals surface area contributed by atoms with Crippen LogP contribution in [0.3, 0.4) is 0 Å². The van der Waals surface area contributed by atoms with E-state index in [1.807, 2.05) is 18.2 Å². The van der Waals surface area contributed by atoms with E-state index in [9.17, 15) is 28.6 Å². The van der Waals surface area contributed by atoms with Crippen molar-refractivity contribution in [3.05, 3.63) is 94.6 Å². The lowest BCUT2D eigenvalue weighted by Crippen LogP contribution is -2.48. The molecule has 3 aromatic rings. The van der Waals surface area contributed by atoms with Gasteiger partial charge in [0.05, 0.1) is 17.7 Å². The van der Waals surface area contributed by atoms with Crippen LogP contribution in [0, 0.1) is 11.6 Å². The quantitative estimate of drug-likeness (QED) is 0.252. The molecule has 0 aliphatic carbocycles. The van der Waals surface area contributed by atoms with Gasteiger partial charge in [-0.1, -0.05) is 31.2 Å². The lowest BCUT2D eigenvalue weighted by Gasteiger charge is -2.25. The summed E-state index contributed by atoms with van der Waals surface area (Å²) in [5.74, 6) is -2.95. The number of hydrogen-bond acceptors (Lipinski definition) is 5. The molecule has 7 nitrogen and oxygen atoms in total. The standard InChI is InChI=1S/C28H31F2N3O4/c1-3-18-5-4-6-19(9-18)15-31-16-27(36)25(12-20-10-21(29)13-22(30)11-20)33-28(37)24-14-23(32-17(2)34)7-8-26(24)35/h4-11,13-14,25,27,31,35-36H,3,12,15-16H2,1-2H3,(H,32,34)(H,33,37). The topological polar surface area (TPSA) is 111 Å². The molecule has 2 amide bonds. The normalized spacial score (nSPS) is 12.6. The Morgan fingerprint density at radius 3 is 2.32 bits per heavy atom. The fourth-order valence-electron chi connectivity index (χ4n) is 3.98. The third-order valence-corrected chi connectivity index (χ3v) is 5.80. The number of phenols is 1. The number of benzene rings is 3. The summed E-state index contributed by atoms with van der Waals surface area (Å²) in [7, 11) is 0. The highest BCUT2D eigenvalue weighted by Gasteiger charge is 2.24. The van der Waals surface area contributed by atoms with Gasteiger partial charge < -0.3 is 26.2 Å². The second-order valence-electron chi connectivity index (χ2n) is 8.85. The van der Waals surface area contributed by atoms with Gasteiger partial charge in [-0.2, -0.15) is 0 Å². The van der Waals surface area contributed by atoms with Crippen LogP contribution in [-0.4, -0.2) is 40.7 Å². The van der Waals surface area contributed by atoms with Crippen molar-refractivity contribution >= 4 is 17.5 Å². The highest BCUT2D eigenvalue weighted by molar-refractivity contribution is 5.99. The first-order valence-corrected chi connectivity index (χ1v) is 12.0. The van der Waals surface area contributed by atoms with Crippen molar-refractivity contribution in [3.8, 4) is 5.75 Å². The third kappa shape index (κ3) is 8.37.